The lowest BCUT2D eigenvalue weighted by Crippen LogP contribution is -2.52. The maximum absolute atomic E-state index is 12.6. The summed E-state index contributed by atoms with van der Waals surface area (Å²) < 4.78 is 6.10. The summed E-state index contributed by atoms with van der Waals surface area (Å²) in [4.78, 5) is 26.0. The van der Waals surface area contributed by atoms with E-state index in [1.165, 1.54) is 0 Å². The van der Waals surface area contributed by atoms with Crippen LogP contribution in [-0.4, -0.2) is 34.8 Å². The van der Waals surface area contributed by atoms with Crippen molar-refractivity contribution in [3.05, 3.63) is 65.7 Å². The van der Waals surface area contributed by atoms with Crippen LogP contribution in [0.1, 0.15) is 51.2 Å². The van der Waals surface area contributed by atoms with Gasteiger partial charge in [-0.05, 0) is 36.7 Å². The maximum atomic E-state index is 12.6. The minimum Gasteiger partial charge on any atom is -0.465 e. The highest BCUT2D eigenvalue weighted by Gasteiger charge is 2.47. The number of fused-ring (bicyclic) bond motifs is 1. The number of piperidine rings is 1. The quantitative estimate of drug-likeness (QED) is 0.666. The third-order valence-electron chi connectivity index (χ3n) is 6.64. The van der Waals surface area contributed by atoms with Gasteiger partial charge in [-0.15, -0.1) is 0 Å². The van der Waals surface area contributed by atoms with Crippen LogP contribution in [0.5, 0.6) is 0 Å². The molecule has 0 aromatic heterocycles. The number of anilines is 1. The molecular weight excluding hydrogens is 392 g/mol. The number of amides is 2. The Morgan fingerprint density at radius 3 is 2.52 bits per heavy atom. The highest BCUT2D eigenvalue weighted by molar-refractivity contribution is 5.89. The van der Waals surface area contributed by atoms with E-state index >= 15 is 0 Å². The van der Waals surface area contributed by atoms with E-state index in [9.17, 15) is 14.7 Å². The Hall–Kier alpha value is -3.02. The molecule has 2 N–H and O–H groups in total. The van der Waals surface area contributed by atoms with Gasteiger partial charge in [-0.2, -0.15) is 0 Å². The molecule has 0 spiro atoms. The minimum atomic E-state index is -0.904. The summed E-state index contributed by atoms with van der Waals surface area (Å²) in [6.45, 7) is 6.75. The minimum absolute atomic E-state index is 0.0933. The molecule has 3 unspecified atom stereocenters. The van der Waals surface area contributed by atoms with Gasteiger partial charge in [0.2, 0.25) is 0 Å². The predicted molar refractivity (Wildman–Crippen MR) is 119 cm³/mol. The third-order valence-corrected chi connectivity index (χ3v) is 6.64. The van der Waals surface area contributed by atoms with Crippen molar-refractivity contribution in [3.63, 3.8) is 0 Å². The first-order valence-corrected chi connectivity index (χ1v) is 10.9. The number of hydrogen-bond donors (Lipinski definition) is 2. The van der Waals surface area contributed by atoms with Crippen molar-refractivity contribution in [1.29, 1.82) is 0 Å². The Balaban J connectivity index is 1.74. The largest absolute Gasteiger partial charge is 0.465 e. The highest BCUT2D eigenvalue weighted by Crippen LogP contribution is 2.48. The van der Waals surface area contributed by atoms with E-state index in [1.807, 2.05) is 54.6 Å². The van der Waals surface area contributed by atoms with Crippen LogP contribution in [-0.2, 0) is 10.3 Å². The molecule has 1 saturated heterocycles. The van der Waals surface area contributed by atoms with Crippen LogP contribution in [0, 0.1) is 11.3 Å². The standard InChI is InChI=1S/C25H30N2O4/c1-24(2,3)21-15-17(13-14-27(21)23(29)30)16-25(18-9-5-4-6-10-18)19-11-7-8-12-20(19)26-22(28)31-25/h4-12,17,21H,13-16H2,1-3H3,(H,26,28)(H,29,30). The first-order valence-electron chi connectivity index (χ1n) is 10.9. The fourth-order valence-corrected chi connectivity index (χ4v) is 5.16. The van der Waals surface area contributed by atoms with Crippen molar-refractivity contribution < 1.29 is 19.4 Å². The lowest BCUT2D eigenvalue weighted by Gasteiger charge is -2.47. The second kappa shape index (κ2) is 7.91. The number of carboxylic acid groups (broad SMARTS) is 1. The summed E-state index contributed by atoms with van der Waals surface area (Å²) in [5, 5.41) is 12.6. The van der Waals surface area contributed by atoms with Gasteiger partial charge in [-0.1, -0.05) is 69.3 Å². The molecule has 0 aliphatic carbocycles. The van der Waals surface area contributed by atoms with Crippen LogP contribution in [0.25, 0.3) is 0 Å². The second-order valence-electron chi connectivity index (χ2n) is 9.71. The van der Waals surface area contributed by atoms with E-state index in [0.717, 1.165) is 29.7 Å². The van der Waals surface area contributed by atoms with Crippen molar-refractivity contribution in [2.45, 2.75) is 51.7 Å². The molecule has 2 heterocycles. The van der Waals surface area contributed by atoms with E-state index in [2.05, 4.69) is 26.1 Å². The van der Waals surface area contributed by atoms with Gasteiger partial charge in [-0.3, -0.25) is 5.32 Å². The van der Waals surface area contributed by atoms with Crippen LogP contribution < -0.4 is 5.32 Å². The van der Waals surface area contributed by atoms with Crippen LogP contribution >= 0.6 is 0 Å². The molecule has 2 aliphatic heterocycles. The molecule has 164 valence electrons. The van der Waals surface area contributed by atoms with Crippen LogP contribution in [0.3, 0.4) is 0 Å². The van der Waals surface area contributed by atoms with E-state index in [-0.39, 0.29) is 17.4 Å². The molecule has 3 atom stereocenters. The summed E-state index contributed by atoms with van der Waals surface area (Å²) in [6.07, 6.45) is 0.757. The van der Waals surface area contributed by atoms with Crippen LogP contribution in [0.15, 0.2) is 54.6 Å². The monoisotopic (exact) mass is 422 g/mol. The lowest BCUT2D eigenvalue weighted by atomic mass is 9.71. The first kappa shape index (κ1) is 21.2. The molecule has 0 bridgehead atoms. The molecule has 2 amide bonds. The van der Waals surface area contributed by atoms with Gasteiger partial charge in [-0.25, -0.2) is 9.59 Å². The summed E-state index contributed by atoms with van der Waals surface area (Å²) in [5.74, 6) is 0.207. The van der Waals surface area contributed by atoms with Crippen molar-refractivity contribution in [2.75, 3.05) is 11.9 Å². The average Bonchev–Trinajstić information content (AvgIpc) is 2.73. The molecule has 31 heavy (non-hydrogen) atoms. The second-order valence-corrected chi connectivity index (χ2v) is 9.71. The van der Waals surface area contributed by atoms with Gasteiger partial charge in [0, 0.05) is 23.7 Å². The number of hydrogen-bond acceptors (Lipinski definition) is 3. The normalized spacial score (nSPS) is 25.9. The Kier molecular flexibility index (Phi) is 5.42. The number of carbonyl (C=O) groups excluding carboxylic acids is 1. The lowest BCUT2D eigenvalue weighted by molar-refractivity contribution is -0.00564. The van der Waals surface area contributed by atoms with Gasteiger partial charge in [0.1, 0.15) is 0 Å². The zero-order chi connectivity index (χ0) is 22.2. The average molecular weight is 423 g/mol. The topological polar surface area (TPSA) is 78.9 Å². The molecular formula is C25H30N2O4. The number of benzene rings is 2. The van der Waals surface area contributed by atoms with E-state index in [1.54, 1.807) is 4.90 Å². The van der Waals surface area contributed by atoms with Crippen LogP contribution in [0.2, 0.25) is 0 Å². The van der Waals surface area contributed by atoms with Gasteiger partial charge < -0.3 is 14.7 Å². The van der Waals surface area contributed by atoms with Crippen molar-refractivity contribution in [3.8, 4) is 0 Å². The summed E-state index contributed by atoms with van der Waals surface area (Å²) >= 11 is 0. The van der Waals surface area contributed by atoms with Crippen molar-refractivity contribution >= 4 is 17.9 Å². The zero-order valence-corrected chi connectivity index (χ0v) is 18.3. The fourth-order valence-electron chi connectivity index (χ4n) is 5.16. The predicted octanol–water partition coefficient (Wildman–Crippen LogP) is 5.69. The van der Waals surface area contributed by atoms with Crippen LogP contribution in [0.4, 0.5) is 15.3 Å². The summed E-state index contributed by atoms with van der Waals surface area (Å²) in [7, 11) is 0. The number of rotatable bonds is 3. The molecule has 1 fully saturated rings. The number of ether oxygens (including phenoxy) is 1. The Bertz CT molecular complexity index is 969. The molecule has 2 aromatic rings. The van der Waals surface area contributed by atoms with Gasteiger partial charge >= 0.3 is 12.2 Å². The highest BCUT2D eigenvalue weighted by atomic mass is 16.6. The number of carbonyl (C=O) groups is 2. The molecule has 6 heteroatoms. The maximum Gasteiger partial charge on any atom is 0.412 e. The Labute approximate surface area is 183 Å². The summed E-state index contributed by atoms with van der Waals surface area (Å²) in [5.41, 5.74) is 1.55. The smallest absolute Gasteiger partial charge is 0.412 e. The Morgan fingerprint density at radius 1 is 1.16 bits per heavy atom. The number of nitrogens with zero attached hydrogens (tertiary/aromatic N) is 1. The van der Waals surface area contributed by atoms with Gasteiger partial charge in [0.15, 0.2) is 5.60 Å². The van der Waals surface area contributed by atoms with E-state index in [4.69, 9.17) is 4.74 Å². The Morgan fingerprint density at radius 2 is 1.84 bits per heavy atom. The molecule has 2 aromatic carbocycles. The van der Waals surface area contributed by atoms with E-state index in [0.29, 0.717) is 13.0 Å². The first-order chi connectivity index (χ1) is 14.7. The molecule has 4 rings (SSSR count). The number of likely N-dealkylation sites (tertiary alicyclic amines) is 1. The molecule has 2 aliphatic rings. The zero-order valence-electron chi connectivity index (χ0n) is 18.3. The molecule has 0 radical (unpaired) electrons. The van der Waals surface area contributed by atoms with Gasteiger partial charge in [0.05, 0.1) is 5.69 Å². The fraction of sp³-hybridized carbons (Fsp3) is 0.440. The SMILES string of the molecule is CC(C)(C)C1CC(CC2(c3ccccc3)OC(=O)Nc3ccccc32)CCN1C(=O)O. The van der Waals surface area contributed by atoms with Crippen molar-refractivity contribution in [2.24, 2.45) is 11.3 Å². The molecule has 0 saturated carbocycles. The van der Waals surface area contributed by atoms with E-state index < -0.39 is 17.8 Å². The number of cyclic esters (lactones) is 1. The number of para-hydroxylation sites is 1. The summed E-state index contributed by atoms with van der Waals surface area (Å²) in [6, 6.07) is 17.6. The van der Waals surface area contributed by atoms with Crippen molar-refractivity contribution in [1.82, 2.24) is 4.90 Å². The number of nitrogens with one attached hydrogen (secondary N) is 1. The third kappa shape index (κ3) is 3.99. The molecule has 6 nitrogen and oxygen atoms in total. The van der Waals surface area contributed by atoms with Gasteiger partial charge in [0.25, 0.3) is 0 Å².